The molecule has 24 heavy (non-hydrogen) atoms. The van der Waals surface area contributed by atoms with E-state index in [1.165, 1.54) is 0 Å². The normalized spacial score (nSPS) is 16.9. The molecule has 0 aliphatic carbocycles. The standard InChI is InChI=1S/C20H23NO3/c22-20(21-13-7-8-14-21)10-6-4-2-1-3-5-9-17-11-12-18-19(15-17)24-16-23-18/h2,4-6,9-12,15H,1,3,7-8,13-14,16H2/b4-2+,9-5+,10-6+. The van der Waals surface area contributed by atoms with E-state index in [4.69, 9.17) is 9.47 Å². The molecule has 2 heterocycles. The second-order valence-corrected chi connectivity index (χ2v) is 5.91. The van der Waals surface area contributed by atoms with Crippen LogP contribution in [0.4, 0.5) is 0 Å². The molecule has 2 aliphatic rings. The minimum absolute atomic E-state index is 0.125. The predicted molar refractivity (Wildman–Crippen MR) is 94.9 cm³/mol. The first-order valence-corrected chi connectivity index (χ1v) is 8.51. The number of allylic oxidation sites excluding steroid dienone is 4. The summed E-state index contributed by atoms with van der Waals surface area (Å²) in [6.07, 6.45) is 15.9. The summed E-state index contributed by atoms with van der Waals surface area (Å²) in [7, 11) is 0. The smallest absolute Gasteiger partial charge is 0.246 e. The molecular weight excluding hydrogens is 302 g/mol. The van der Waals surface area contributed by atoms with Crippen LogP contribution in [0.3, 0.4) is 0 Å². The van der Waals surface area contributed by atoms with Gasteiger partial charge in [-0.15, -0.1) is 0 Å². The SMILES string of the molecule is O=C(/C=C/C=C/CC/C=C/c1ccc2c(c1)OCO2)N1CCCC1. The zero-order chi connectivity index (χ0) is 16.6. The van der Waals surface area contributed by atoms with Crippen LogP contribution >= 0.6 is 0 Å². The lowest BCUT2D eigenvalue weighted by Crippen LogP contribution is -2.25. The van der Waals surface area contributed by atoms with Gasteiger partial charge < -0.3 is 14.4 Å². The van der Waals surface area contributed by atoms with Gasteiger partial charge in [-0.1, -0.05) is 36.4 Å². The number of ether oxygens (including phenoxy) is 2. The topological polar surface area (TPSA) is 38.8 Å². The summed E-state index contributed by atoms with van der Waals surface area (Å²) in [5.41, 5.74) is 1.11. The van der Waals surface area contributed by atoms with Crippen molar-refractivity contribution < 1.29 is 14.3 Å². The van der Waals surface area contributed by atoms with Gasteiger partial charge in [0.25, 0.3) is 0 Å². The molecule has 4 heteroatoms. The number of carbonyl (C=O) groups excluding carboxylic acids is 1. The fourth-order valence-corrected chi connectivity index (χ4v) is 2.78. The van der Waals surface area contributed by atoms with Crippen LogP contribution in [-0.2, 0) is 4.79 Å². The van der Waals surface area contributed by atoms with E-state index in [0.717, 1.165) is 55.8 Å². The fourth-order valence-electron chi connectivity index (χ4n) is 2.78. The Kier molecular flexibility index (Phi) is 5.72. The van der Waals surface area contributed by atoms with Crippen molar-refractivity contribution in [3.63, 3.8) is 0 Å². The number of nitrogens with zero attached hydrogens (tertiary/aromatic N) is 1. The highest BCUT2D eigenvalue weighted by Gasteiger charge is 2.14. The lowest BCUT2D eigenvalue weighted by atomic mass is 10.1. The van der Waals surface area contributed by atoms with Crippen LogP contribution in [0.2, 0.25) is 0 Å². The Labute approximate surface area is 143 Å². The highest BCUT2D eigenvalue weighted by atomic mass is 16.7. The zero-order valence-corrected chi connectivity index (χ0v) is 13.8. The van der Waals surface area contributed by atoms with E-state index in [9.17, 15) is 4.79 Å². The van der Waals surface area contributed by atoms with E-state index < -0.39 is 0 Å². The number of rotatable bonds is 6. The first kappa shape index (κ1) is 16.4. The summed E-state index contributed by atoms with van der Waals surface area (Å²) in [6, 6.07) is 5.94. The van der Waals surface area contributed by atoms with Crippen molar-refractivity contribution in [2.75, 3.05) is 19.9 Å². The van der Waals surface area contributed by atoms with E-state index in [1.54, 1.807) is 6.08 Å². The number of fused-ring (bicyclic) bond motifs is 1. The monoisotopic (exact) mass is 325 g/mol. The summed E-state index contributed by atoms with van der Waals surface area (Å²) in [4.78, 5) is 13.7. The molecule has 1 aromatic carbocycles. The van der Waals surface area contributed by atoms with Crippen molar-refractivity contribution in [2.45, 2.75) is 25.7 Å². The van der Waals surface area contributed by atoms with Crippen LogP contribution in [0.15, 0.2) is 48.6 Å². The molecule has 0 aromatic heterocycles. The third-order valence-electron chi connectivity index (χ3n) is 4.11. The maximum absolute atomic E-state index is 11.8. The predicted octanol–water partition coefficient (Wildman–Crippen LogP) is 3.94. The molecule has 0 atom stereocenters. The van der Waals surface area contributed by atoms with E-state index in [-0.39, 0.29) is 5.91 Å². The van der Waals surface area contributed by atoms with Crippen LogP contribution in [0.25, 0.3) is 6.08 Å². The van der Waals surface area contributed by atoms with Crippen molar-refractivity contribution >= 4 is 12.0 Å². The molecule has 3 rings (SSSR count). The summed E-state index contributed by atoms with van der Waals surface area (Å²) in [5.74, 6) is 1.75. The van der Waals surface area contributed by atoms with Gasteiger partial charge in [0.1, 0.15) is 0 Å². The molecule has 1 fully saturated rings. The third-order valence-corrected chi connectivity index (χ3v) is 4.11. The number of hydrogen-bond donors (Lipinski definition) is 0. The lowest BCUT2D eigenvalue weighted by Gasteiger charge is -2.11. The van der Waals surface area contributed by atoms with Crippen LogP contribution < -0.4 is 9.47 Å². The Hall–Kier alpha value is -2.49. The minimum atomic E-state index is 0.125. The molecule has 0 radical (unpaired) electrons. The average Bonchev–Trinajstić information content (AvgIpc) is 3.28. The molecule has 4 nitrogen and oxygen atoms in total. The van der Waals surface area contributed by atoms with E-state index in [2.05, 4.69) is 18.2 Å². The molecule has 1 aromatic rings. The van der Waals surface area contributed by atoms with Crippen LogP contribution in [0.1, 0.15) is 31.2 Å². The molecule has 2 aliphatic heterocycles. The summed E-state index contributed by atoms with van der Waals surface area (Å²) < 4.78 is 10.7. The van der Waals surface area contributed by atoms with Gasteiger partial charge in [0, 0.05) is 19.2 Å². The van der Waals surface area contributed by atoms with Crippen LogP contribution in [-0.4, -0.2) is 30.7 Å². The second-order valence-electron chi connectivity index (χ2n) is 5.91. The number of unbranched alkanes of at least 4 members (excludes halogenated alkanes) is 1. The molecule has 0 saturated carbocycles. The molecule has 0 unspecified atom stereocenters. The number of benzene rings is 1. The fraction of sp³-hybridized carbons (Fsp3) is 0.350. The molecule has 126 valence electrons. The van der Waals surface area contributed by atoms with Gasteiger partial charge >= 0.3 is 0 Å². The lowest BCUT2D eigenvalue weighted by molar-refractivity contribution is -0.124. The molecular formula is C20H23NO3. The first-order valence-electron chi connectivity index (χ1n) is 8.51. The van der Waals surface area contributed by atoms with Gasteiger partial charge in [0.05, 0.1) is 0 Å². The Morgan fingerprint density at radius 3 is 2.71 bits per heavy atom. The Bertz CT molecular complexity index is 655. The maximum Gasteiger partial charge on any atom is 0.246 e. The number of likely N-dealkylation sites (tertiary alicyclic amines) is 1. The molecule has 1 amide bonds. The van der Waals surface area contributed by atoms with Crippen molar-refractivity contribution in [1.82, 2.24) is 4.90 Å². The van der Waals surface area contributed by atoms with E-state index >= 15 is 0 Å². The maximum atomic E-state index is 11.8. The summed E-state index contributed by atoms with van der Waals surface area (Å²) in [5, 5.41) is 0. The number of amides is 1. The van der Waals surface area contributed by atoms with Gasteiger partial charge in [-0.05, 0) is 43.4 Å². The Morgan fingerprint density at radius 1 is 1.04 bits per heavy atom. The minimum Gasteiger partial charge on any atom is -0.454 e. The molecule has 0 bridgehead atoms. The molecule has 1 saturated heterocycles. The quantitative estimate of drug-likeness (QED) is 0.452. The van der Waals surface area contributed by atoms with Gasteiger partial charge in [0.15, 0.2) is 11.5 Å². The zero-order valence-electron chi connectivity index (χ0n) is 13.8. The van der Waals surface area contributed by atoms with Gasteiger partial charge in [-0.2, -0.15) is 0 Å². The van der Waals surface area contributed by atoms with E-state index in [0.29, 0.717) is 6.79 Å². The molecule has 0 N–H and O–H groups in total. The second kappa shape index (κ2) is 8.39. The third kappa shape index (κ3) is 4.51. The van der Waals surface area contributed by atoms with Crippen molar-refractivity contribution in [2.24, 2.45) is 0 Å². The van der Waals surface area contributed by atoms with Crippen LogP contribution in [0, 0.1) is 0 Å². The van der Waals surface area contributed by atoms with Crippen molar-refractivity contribution in [1.29, 1.82) is 0 Å². The van der Waals surface area contributed by atoms with Crippen molar-refractivity contribution in [3.05, 3.63) is 54.1 Å². The first-order chi connectivity index (χ1) is 11.8. The van der Waals surface area contributed by atoms with Crippen LogP contribution in [0.5, 0.6) is 11.5 Å². The highest BCUT2D eigenvalue weighted by Crippen LogP contribution is 2.32. The summed E-state index contributed by atoms with van der Waals surface area (Å²) >= 11 is 0. The van der Waals surface area contributed by atoms with Gasteiger partial charge in [-0.25, -0.2) is 0 Å². The number of hydrogen-bond acceptors (Lipinski definition) is 3. The number of carbonyl (C=O) groups is 1. The van der Waals surface area contributed by atoms with Crippen molar-refractivity contribution in [3.8, 4) is 11.5 Å². The highest BCUT2D eigenvalue weighted by molar-refractivity contribution is 5.88. The van der Waals surface area contributed by atoms with E-state index in [1.807, 2.05) is 35.3 Å². The average molecular weight is 325 g/mol. The van der Waals surface area contributed by atoms with Gasteiger partial charge in [0.2, 0.25) is 12.7 Å². The Morgan fingerprint density at radius 2 is 1.83 bits per heavy atom. The largest absolute Gasteiger partial charge is 0.454 e. The Balaban J connectivity index is 1.36. The summed E-state index contributed by atoms with van der Waals surface area (Å²) in [6.45, 7) is 2.11. The molecule has 0 spiro atoms. The van der Waals surface area contributed by atoms with Gasteiger partial charge in [-0.3, -0.25) is 4.79 Å².